The van der Waals surface area contributed by atoms with Gasteiger partial charge in [-0.2, -0.15) is 0 Å². The number of hydrogen-bond donors (Lipinski definition) is 0. The number of carbonyl (C=O) groups is 1. The van der Waals surface area contributed by atoms with E-state index in [2.05, 4.69) is 4.90 Å². The van der Waals surface area contributed by atoms with Crippen molar-refractivity contribution in [3.05, 3.63) is 28.2 Å². The lowest BCUT2D eigenvalue weighted by Crippen LogP contribution is -2.54. The molecule has 0 aliphatic carbocycles. The fourth-order valence-electron chi connectivity index (χ4n) is 2.82. The third-order valence-electron chi connectivity index (χ3n) is 4.08. The maximum atomic E-state index is 12.4. The number of carbonyl (C=O) groups excluding carboxylic acids is 1. The Balaban J connectivity index is 1.60. The second kappa shape index (κ2) is 6.94. The molecule has 0 aromatic heterocycles. The molecule has 5 nitrogen and oxygen atoms in total. The van der Waals surface area contributed by atoms with Gasteiger partial charge in [-0.15, -0.1) is 0 Å². The monoisotopic (exact) mass is 343 g/mol. The molecule has 0 saturated carbocycles. The SMILES string of the molecule is O=C(N1CCOCC1)N1CCN(c2cc(Cl)ccc2Cl)CC1. The third-order valence-corrected chi connectivity index (χ3v) is 4.64. The van der Waals surface area contributed by atoms with Gasteiger partial charge in [0.1, 0.15) is 0 Å². The summed E-state index contributed by atoms with van der Waals surface area (Å²) in [4.78, 5) is 18.4. The van der Waals surface area contributed by atoms with Crippen LogP contribution in [0.4, 0.5) is 10.5 Å². The molecule has 2 heterocycles. The van der Waals surface area contributed by atoms with Crippen molar-refractivity contribution in [2.24, 2.45) is 0 Å². The maximum absolute atomic E-state index is 12.4. The van der Waals surface area contributed by atoms with Gasteiger partial charge in [0.2, 0.25) is 0 Å². The number of piperazine rings is 1. The smallest absolute Gasteiger partial charge is 0.320 e. The fourth-order valence-corrected chi connectivity index (χ4v) is 3.22. The average Bonchev–Trinajstić information content (AvgIpc) is 2.57. The Morgan fingerprint density at radius 3 is 2.27 bits per heavy atom. The number of urea groups is 1. The van der Waals surface area contributed by atoms with E-state index >= 15 is 0 Å². The van der Waals surface area contributed by atoms with E-state index in [9.17, 15) is 4.79 Å². The summed E-state index contributed by atoms with van der Waals surface area (Å²) in [6, 6.07) is 5.58. The molecule has 0 spiro atoms. The van der Waals surface area contributed by atoms with E-state index in [4.69, 9.17) is 27.9 Å². The molecule has 1 aromatic rings. The molecule has 1 aromatic carbocycles. The predicted molar refractivity (Wildman–Crippen MR) is 88.0 cm³/mol. The standard InChI is InChI=1S/C15H19Cl2N3O2/c16-12-1-2-13(17)14(11-12)18-3-5-19(6-4-18)15(21)20-7-9-22-10-8-20/h1-2,11H,3-10H2. The number of benzene rings is 1. The number of ether oxygens (including phenoxy) is 1. The first-order chi connectivity index (χ1) is 10.6. The molecule has 22 heavy (non-hydrogen) atoms. The first kappa shape index (κ1) is 15.7. The van der Waals surface area contributed by atoms with Crippen LogP contribution in [0, 0.1) is 0 Å². The van der Waals surface area contributed by atoms with Gasteiger partial charge in [-0.3, -0.25) is 0 Å². The third kappa shape index (κ3) is 3.42. The van der Waals surface area contributed by atoms with Crippen molar-refractivity contribution < 1.29 is 9.53 Å². The lowest BCUT2D eigenvalue weighted by atomic mass is 10.2. The number of nitrogens with zero attached hydrogens (tertiary/aromatic N) is 3. The first-order valence-corrected chi connectivity index (χ1v) is 8.22. The van der Waals surface area contributed by atoms with Gasteiger partial charge in [0.25, 0.3) is 0 Å². The van der Waals surface area contributed by atoms with Crippen molar-refractivity contribution in [3.63, 3.8) is 0 Å². The van der Waals surface area contributed by atoms with Crippen LogP contribution < -0.4 is 4.90 Å². The van der Waals surface area contributed by atoms with Crippen molar-refractivity contribution in [1.29, 1.82) is 0 Å². The van der Waals surface area contributed by atoms with Gasteiger partial charge in [-0.25, -0.2) is 4.79 Å². The number of morpholine rings is 1. The minimum absolute atomic E-state index is 0.111. The second-order valence-electron chi connectivity index (χ2n) is 5.45. The highest BCUT2D eigenvalue weighted by Gasteiger charge is 2.27. The van der Waals surface area contributed by atoms with E-state index < -0.39 is 0 Å². The van der Waals surface area contributed by atoms with Gasteiger partial charge in [0, 0.05) is 44.3 Å². The maximum Gasteiger partial charge on any atom is 0.320 e. The Morgan fingerprint density at radius 1 is 0.955 bits per heavy atom. The molecule has 2 aliphatic rings. The van der Waals surface area contributed by atoms with Crippen molar-refractivity contribution in [1.82, 2.24) is 9.80 Å². The lowest BCUT2D eigenvalue weighted by Gasteiger charge is -2.39. The van der Waals surface area contributed by atoms with Crippen molar-refractivity contribution >= 4 is 34.9 Å². The molecule has 2 saturated heterocycles. The quantitative estimate of drug-likeness (QED) is 0.786. The van der Waals surface area contributed by atoms with Gasteiger partial charge in [-0.05, 0) is 18.2 Å². The number of rotatable bonds is 1. The van der Waals surface area contributed by atoms with Crippen LogP contribution in [0.2, 0.25) is 10.0 Å². The van der Waals surface area contributed by atoms with Gasteiger partial charge >= 0.3 is 6.03 Å². The van der Waals surface area contributed by atoms with Gasteiger partial charge in [-0.1, -0.05) is 23.2 Å². The van der Waals surface area contributed by atoms with E-state index in [1.807, 2.05) is 21.9 Å². The Labute approximate surface area is 140 Å². The molecule has 0 radical (unpaired) electrons. The van der Waals surface area contributed by atoms with E-state index in [0.717, 1.165) is 18.8 Å². The predicted octanol–water partition coefficient (Wildman–Crippen LogP) is 2.57. The molecule has 0 unspecified atom stereocenters. The zero-order valence-corrected chi connectivity index (χ0v) is 13.8. The number of amides is 2. The Hall–Kier alpha value is -1.17. The topological polar surface area (TPSA) is 36.0 Å². The van der Waals surface area contributed by atoms with Crippen LogP contribution >= 0.6 is 23.2 Å². The van der Waals surface area contributed by atoms with E-state index in [-0.39, 0.29) is 6.03 Å². The fraction of sp³-hybridized carbons (Fsp3) is 0.533. The normalized spacial score (nSPS) is 19.5. The molecule has 0 atom stereocenters. The van der Waals surface area contributed by atoms with Crippen molar-refractivity contribution in [3.8, 4) is 0 Å². The van der Waals surface area contributed by atoms with Crippen LogP contribution in [0.5, 0.6) is 0 Å². The van der Waals surface area contributed by atoms with Gasteiger partial charge in [0.05, 0.1) is 23.9 Å². The minimum Gasteiger partial charge on any atom is -0.378 e. The molecule has 0 bridgehead atoms. The van der Waals surface area contributed by atoms with Crippen LogP contribution in [0.1, 0.15) is 0 Å². The summed E-state index contributed by atoms with van der Waals surface area (Å²) in [5.41, 5.74) is 0.938. The van der Waals surface area contributed by atoms with Crippen LogP contribution in [0.15, 0.2) is 18.2 Å². The zero-order chi connectivity index (χ0) is 15.5. The first-order valence-electron chi connectivity index (χ1n) is 7.47. The van der Waals surface area contributed by atoms with E-state index in [1.165, 1.54) is 0 Å². The lowest BCUT2D eigenvalue weighted by molar-refractivity contribution is 0.0428. The summed E-state index contributed by atoms with van der Waals surface area (Å²) in [7, 11) is 0. The molecule has 7 heteroatoms. The van der Waals surface area contributed by atoms with E-state index in [1.54, 1.807) is 6.07 Å². The Bertz CT molecular complexity index is 542. The molecule has 2 fully saturated rings. The van der Waals surface area contributed by atoms with Crippen LogP contribution in [-0.2, 0) is 4.74 Å². The zero-order valence-electron chi connectivity index (χ0n) is 12.3. The summed E-state index contributed by atoms with van der Waals surface area (Å²) in [5, 5.41) is 1.36. The largest absolute Gasteiger partial charge is 0.378 e. The molecule has 120 valence electrons. The van der Waals surface area contributed by atoms with Crippen LogP contribution in [0.25, 0.3) is 0 Å². The van der Waals surface area contributed by atoms with Gasteiger partial charge in [0.15, 0.2) is 0 Å². The number of halogens is 2. The van der Waals surface area contributed by atoms with Crippen molar-refractivity contribution in [2.45, 2.75) is 0 Å². The highest BCUT2D eigenvalue weighted by atomic mass is 35.5. The summed E-state index contributed by atoms with van der Waals surface area (Å²) in [6.07, 6.45) is 0. The van der Waals surface area contributed by atoms with Gasteiger partial charge < -0.3 is 19.4 Å². The highest BCUT2D eigenvalue weighted by Crippen LogP contribution is 2.29. The minimum atomic E-state index is 0.111. The van der Waals surface area contributed by atoms with E-state index in [0.29, 0.717) is 49.4 Å². The highest BCUT2D eigenvalue weighted by molar-refractivity contribution is 6.35. The Morgan fingerprint density at radius 2 is 1.59 bits per heavy atom. The number of anilines is 1. The molecular weight excluding hydrogens is 325 g/mol. The summed E-state index contributed by atoms with van der Waals surface area (Å²) < 4.78 is 5.29. The van der Waals surface area contributed by atoms with Crippen LogP contribution in [0.3, 0.4) is 0 Å². The van der Waals surface area contributed by atoms with Crippen LogP contribution in [-0.4, -0.2) is 68.3 Å². The molecule has 0 N–H and O–H groups in total. The molecule has 2 amide bonds. The van der Waals surface area contributed by atoms with Crippen molar-refractivity contribution in [2.75, 3.05) is 57.4 Å². The number of hydrogen-bond acceptors (Lipinski definition) is 3. The summed E-state index contributed by atoms with van der Waals surface area (Å²) in [6.45, 7) is 5.52. The average molecular weight is 344 g/mol. The summed E-state index contributed by atoms with van der Waals surface area (Å²) >= 11 is 12.3. The summed E-state index contributed by atoms with van der Waals surface area (Å²) in [5.74, 6) is 0. The molecule has 2 aliphatic heterocycles. The molecular formula is C15H19Cl2N3O2. The second-order valence-corrected chi connectivity index (χ2v) is 6.30. The molecule has 3 rings (SSSR count). The Kier molecular flexibility index (Phi) is 4.96.